The number of rotatable bonds is 5. The molecule has 2 N–H and O–H groups in total. The minimum atomic E-state index is 0.731. The van der Waals surface area contributed by atoms with Crippen LogP contribution in [0.5, 0.6) is 5.75 Å². The highest BCUT2D eigenvalue weighted by Gasteiger charge is 2.01. The predicted molar refractivity (Wildman–Crippen MR) is 83.8 cm³/mol. The van der Waals surface area contributed by atoms with Crippen LogP contribution in [-0.2, 0) is 6.42 Å². The zero-order valence-electron chi connectivity index (χ0n) is 10.1. The Morgan fingerprint density at radius 2 is 1.83 bits per heavy atom. The third-order valence-corrected chi connectivity index (χ3v) is 3.51. The molecule has 94 valence electrons. The van der Waals surface area contributed by atoms with Gasteiger partial charge in [0, 0.05) is 5.69 Å². The molecule has 0 atom stereocenters. The average molecular weight is 353 g/mol. The SMILES string of the molecule is Nc1ccc(OCCCc2ccccc2)c(I)c1. The summed E-state index contributed by atoms with van der Waals surface area (Å²) in [4.78, 5) is 0. The standard InChI is InChI=1S/C15H16INO/c16-14-11-13(17)8-9-15(14)18-10-4-7-12-5-2-1-3-6-12/h1-3,5-6,8-9,11H,4,7,10,17H2. The van der Waals surface area contributed by atoms with Gasteiger partial charge >= 0.3 is 0 Å². The van der Waals surface area contributed by atoms with E-state index in [4.69, 9.17) is 10.5 Å². The molecule has 0 aromatic heterocycles. The number of nitrogens with two attached hydrogens (primary N) is 1. The van der Waals surface area contributed by atoms with Crippen molar-refractivity contribution in [1.29, 1.82) is 0 Å². The highest BCUT2D eigenvalue weighted by atomic mass is 127. The third kappa shape index (κ3) is 3.91. The second kappa shape index (κ2) is 6.64. The van der Waals surface area contributed by atoms with Gasteiger partial charge in [-0.15, -0.1) is 0 Å². The summed E-state index contributed by atoms with van der Waals surface area (Å²) in [6, 6.07) is 16.2. The molecule has 0 spiro atoms. The highest BCUT2D eigenvalue weighted by molar-refractivity contribution is 14.1. The van der Waals surface area contributed by atoms with Gasteiger partial charge in [-0.1, -0.05) is 30.3 Å². The number of ether oxygens (including phenoxy) is 1. The predicted octanol–water partition coefficient (Wildman–Crippen LogP) is 3.89. The van der Waals surface area contributed by atoms with Crippen molar-refractivity contribution in [3.05, 3.63) is 57.7 Å². The van der Waals surface area contributed by atoms with E-state index in [0.717, 1.165) is 34.5 Å². The normalized spacial score (nSPS) is 10.3. The number of nitrogen functional groups attached to an aromatic ring is 1. The molecule has 0 saturated heterocycles. The molecule has 0 radical (unpaired) electrons. The summed E-state index contributed by atoms with van der Waals surface area (Å²) in [6.45, 7) is 0.731. The second-order valence-corrected chi connectivity index (χ2v) is 5.29. The van der Waals surface area contributed by atoms with Gasteiger partial charge in [0.1, 0.15) is 5.75 Å². The Balaban J connectivity index is 1.79. The highest BCUT2D eigenvalue weighted by Crippen LogP contribution is 2.23. The summed E-state index contributed by atoms with van der Waals surface area (Å²) in [5.41, 5.74) is 7.83. The Morgan fingerprint density at radius 3 is 2.56 bits per heavy atom. The number of benzene rings is 2. The molecule has 2 nitrogen and oxygen atoms in total. The lowest BCUT2D eigenvalue weighted by molar-refractivity contribution is 0.309. The first-order valence-electron chi connectivity index (χ1n) is 5.97. The van der Waals surface area contributed by atoms with Crippen molar-refractivity contribution in [2.24, 2.45) is 0 Å². The molecule has 0 bridgehead atoms. The van der Waals surface area contributed by atoms with Crippen LogP contribution >= 0.6 is 22.6 Å². The van der Waals surface area contributed by atoms with Crippen LogP contribution in [0.3, 0.4) is 0 Å². The van der Waals surface area contributed by atoms with Crippen molar-refractivity contribution in [3.63, 3.8) is 0 Å². The van der Waals surface area contributed by atoms with Crippen molar-refractivity contribution in [3.8, 4) is 5.75 Å². The van der Waals surface area contributed by atoms with Crippen LogP contribution in [0.15, 0.2) is 48.5 Å². The van der Waals surface area contributed by atoms with Gasteiger partial charge in [0.25, 0.3) is 0 Å². The van der Waals surface area contributed by atoms with E-state index >= 15 is 0 Å². The van der Waals surface area contributed by atoms with E-state index in [1.165, 1.54) is 5.56 Å². The van der Waals surface area contributed by atoms with Crippen molar-refractivity contribution in [1.82, 2.24) is 0 Å². The topological polar surface area (TPSA) is 35.2 Å². The maximum Gasteiger partial charge on any atom is 0.132 e. The Morgan fingerprint density at radius 1 is 1.06 bits per heavy atom. The number of hydrogen-bond donors (Lipinski definition) is 1. The maximum absolute atomic E-state index is 5.75. The molecular formula is C15H16INO. The molecule has 0 amide bonds. The van der Waals surface area contributed by atoms with E-state index in [1.54, 1.807) is 0 Å². The molecule has 0 aliphatic heterocycles. The number of anilines is 1. The van der Waals surface area contributed by atoms with Gasteiger partial charge in [-0.05, 0) is 59.2 Å². The van der Waals surface area contributed by atoms with Gasteiger partial charge in [-0.2, -0.15) is 0 Å². The summed E-state index contributed by atoms with van der Waals surface area (Å²) in [7, 11) is 0. The third-order valence-electron chi connectivity index (χ3n) is 2.67. The minimum Gasteiger partial charge on any atom is -0.492 e. The largest absolute Gasteiger partial charge is 0.492 e. The van der Waals surface area contributed by atoms with Crippen molar-refractivity contribution in [2.75, 3.05) is 12.3 Å². The first-order valence-corrected chi connectivity index (χ1v) is 7.05. The van der Waals surface area contributed by atoms with Crippen LogP contribution in [0.4, 0.5) is 5.69 Å². The second-order valence-electron chi connectivity index (χ2n) is 4.13. The van der Waals surface area contributed by atoms with E-state index in [1.807, 2.05) is 24.3 Å². The molecule has 0 aliphatic carbocycles. The van der Waals surface area contributed by atoms with E-state index in [0.29, 0.717) is 0 Å². The van der Waals surface area contributed by atoms with Crippen LogP contribution in [0.1, 0.15) is 12.0 Å². The van der Waals surface area contributed by atoms with Crippen molar-refractivity contribution >= 4 is 28.3 Å². The van der Waals surface area contributed by atoms with Crippen LogP contribution < -0.4 is 10.5 Å². The van der Waals surface area contributed by atoms with E-state index in [-0.39, 0.29) is 0 Å². The lowest BCUT2D eigenvalue weighted by Crippen LogP contribution is -2.01. The van der Waals surface area contributed by atoms with Gasteiger partial charge in [-0.25, -0.2) is 0 Å². The van der Waals surface area contributed by atoms with E-state index in [2.05, 4.69) is 46.9 Å². The van der Waals surface area contributed by atoms with Gasteiger partial charge in [0.05, 0.1) is 10.2 Å². The lowest BCUT2D eigenvalue weighted by atomic mass is 10.1. The van der Waals surface area contributed by atoms with Crippen LogP contribution in [0, 0.1) is 3.57 Å². The minimum absolute atomic E-state index is 0.731. The van der Waals surface area contributed by atoms with Crippen LogP contribution in [-0.4, -0.2) is 6.61 Å². The number of halogens is 1. The smallest absolute Gasteiger partial charge is 0.132 e. The summed E-state index contributed by atoms with van der Waals surface area (Å²) < 4.78 is 6.81. The Bertz CT molecular complexity index is 499. The molecule has 2 aromatic carbocycles. The first kappa shape index (κ1) is 13.2. The lowest BCUT2D eigenvalue weighted by Gasteiger charge is -2.08. The molecule has 2 rings (SSSR count). The van der Waals surface area contributed by atoms with Gasteiger partial charge < -0.3 is 10.5 Å². The van der Waals surface area contributed by atoms with Crippen LogP contribution in [0.25, 0.3) is 0 Å². The first-order chi connectivity index (χ1) is 8.75. The number of aryl methyl sites for hydroxylation is 1. The molecule has 0 heterocycles. The zero-order chi connectivity index (χ0) is 12.8. The zero-order valence-corrected chi connectivity index (χ0v) is 12.3. The Hall–Kier alpha value is -1.23. The monoisotopic (exact) mass is 353 g/mol. The van der Waals surface area contributed by atoms with Crippen molar-refractivity contribution in [2.45, 2.75) is 12.8 Å². The van der Waals surface area contributed by atoms with Crippen LogP contribution in [0.2, 0.25) is 0 Å². The van der Waals surface area contributed by atoms with E-state index < -0.39 is 0 Å². The average Bonchev–Trinajstić information content (AvgIpc) is 2.38. The number of hydrogen-bond acceptors (Lipinski definition) is 2. The quantitative estimate of drug-likeness (QED) is 0.503. The molecule has 3 heteroatoms. The Labute approximate surface area is 121 Å². The summed E-state index contributed by atoms with van der Waals surface area (Å²) in [5, 5.41) is 0. The van der Waals surface area contributed by atoms with Crippen molar-refractivity contribution < 1.29 is 4.74 Å². The van der Waals surface area contributed by atoms with Gasteiger partial charge in [0.2, 0.25) is 0 Å². The molecule has 0 aliphatic rings. The fourth-order valence-corrected chi connectivity index (χ4v) is 2.43. The summed E-state index contributed by atoms with van der Waals surface area (Å²) >= 11 is 2.24. The molecule has 2 aromatic rings. The molecule has 0 saturated carbocycles. The molecule has 18 heavy (non-hydrogen) atoms. The summed E-state index contributed by atoms with van der Waals surface area (Å²) in [6.07, 6.45) is 2.07. The fraction of sp³-hybridized carbons (Fsp3) is 0.200. The van der Waals surface area contributed by atoms with E-state index in [9.17, 15) is 0 Å². The maximum atomic E-state index is 5.75. The van der Waals surface area contributed by atoms with Gasteiger partial charge in [0.15, 0.2) is 0 Å². The van der Waals surface area contributed by atoms with Gasteiger partial charge in [-0.3, -0.25) is 0 Å². The Kier molecular flexibility index (Phi) is 4.87. The molecular weight excluding hydrogens is 337 g/mol. The molecule has 0 fully saturated rings. The molecule has 0 unspecified atom stereocenters. The fourth-order valence-electron chi connectivity index (χ4n) is 1.74. The summed E-state index contributed by atoms with van der Waals surface area (Å²) in [5.74, 6) is 0.915.